The Bertz CT molecular complexity index is 686. The average Bonchev–Trinajstić information content (AvgIpc) is 2.55. The normalized spacial score (nSPS) is 15.8. The Morgan fingerprint density at radius 1 is 0.957 bits per heavy atom. The van der Waals surface area contributed by atoms with Crippen LogP contribution >= 0.6 is 11.6 Å². The van der Waals surface area contributed by atoms with Crippen molar-refractivity contribution >= 4 is 23.4 Å². The third kappa shape index (κ3) is 3.47. The first-order valence-corrected chi connectivity index (χ1v) is 7.33. The summed E-state index contributed by atoms with van der Waals surface area (Å²) < 4.78 is 38.2. The predicted octanol–water partition coefficient (Wildman–Crippen LogP) is 2.87. The van der Waals surface area contributed by atoms with Gasteiger partial charge in [-0.25, -0.2) is 15.0 Å². The first-order valence-electron chi connectivity index (χ1n) is 6.96. The maximum Gasteiger partial charge on any atom is 0.433 e. The van der Waals surface area contributed by atoms with Crippen molar-refractivity contribution in [3.8, 4) is 0 Å². The quantitative estimate of drug-likeness (QED) is 0.839. The van der Waals surface area contributed by atoms with Gasteiger partial charge in [0.1, 0.15) is 11.5 Å². The molecule has 3 rings (SSSR count). The minimum absolute atomic E-state index is 0.0894. The molecule has 0 amide bonds. The van der Waals surface area contributed by atoms with Crippen LogP contribution in [0.25, 0.3) is 0 Å². The molecule has 2 aromatic rings. The molecule has 0 spiro atoms. The Hall–Kier alpha value is -2.09. The van der Waals surface area contributed by atoms with Crippen molar-refractivity contribution in [1.29, 1.82) is 0 Å². The highest BCUT2D eigenvalue weighted by Crippen LogP contribution is 2.29. The largest absolute Gasteiger partial charge is 0.433 e. The molecular formula is C14H13ClF3N5. The molecule has 3 heterocycles. The van der Waals surface area contributed by atoms with Gasteiger partial charge < -0.3 is 9.80 Å². The number of aromatic nitrogens is 3. The van der Waals surface area contributed by atoms with Gasteiger partial charge in [0.05, 0.1) is 5.02 Å². The van der Waals surface area contributed by atoms with Gasteiger partial charge in [0.15, 0.2) is 0 Å². The number of halogens is 4. The molecule has 0 radical (unpaired) electrons. The summed E-state index contributed by atoms with van der Waals surface area (Å²) in [4.78, 5) is 15.5. The first kappa shape index (κ1) is 15.8. The highest BCUT2D eigenvalue weighted by atomic mass is 35.5. The predicted molar refractivity (Wildman–Crippen MR) is 80.7 cm³/mol. The van der Waals surface area contributed by atoms with Crippen molar-refractivity contribution < 1.29 is 13.2 Å². The first-order chi connectivity index (χ1) is 10.9. The van der Waals surface area contributed by atoms with E-state index in [0.29, 0.717) is 37.0 Å². The zero-order valence-corrected chi connectivity index (χ0v) is 12.7. The lowest BCUT2D eigenvalue weighted by Crippen LogP contribution is -2.47. The minimum atomic E-state index is -4.47. The second kappa shape index (κ2) is 6.19. The van der Waals surface area contributed by atoms with Gasteiger partial charge in [0, 0.05) is 38.6 Å². The van der Waals surface area contributed by atoms with Crippen molar-refractivity contribution in [2.75, 3.05) is 36.0 Å². The SMILES string of the molecule is FC(F)(F)c1ccnc(N2CCN(c3ncccc3Cl)CC2)n1. The minimum Gasteiger partial charge on any atom is -0.352 e. The Kier molecular flexibility index (Phi) is 4.25. The molecule has 0 aromatic carbocycles. The number of piperazine rings is 1. The van der Waals surface area contributed by atoms with Crippen molar-refractivity contribution in [3.63, 3.8) is 0 Å². The van der Waals surface area contributed by atoms with E-state index >= 15 is 0 Å². The van der Waals surface area contributed by atoms with Gasteiger partial charge in [-0.3, -0.25) is 0 Å². The van der Waals surface area contributed by atoms with E-state index in [4.69, 9.17) is 11.6 Å². The molecule has 0 bridgehead atoms. The Morgan fingerprint density at radius 2 is 1.65 bits per heavy atom. The smallest absolute Gasteiger partial charge is 0.352 e. The van der Waals surface area contributed by atoms with Crippen molar-refractivity contribution in [2.45, 2.75) is 6.18 Å². The van der Waals surface area contributed by atoms with Gasteiger partial charge in [-0.1, -0.05) is 11.6 Å². The van der Waals surface area contributed by atoms with Crippen LogP contribution in [0, 0.1) is 0 Å². The molecule has 9 heteroatoms. The van der Waals surface area contributed by atoms with Crippen LogP contribution in [0.5, 0.6) is 0 Å². The number of hydrogen-bond acceptors (Lipinski definition) is 5. The van der Waals surface area contributed by atoms with Crippen LogP contribution < -0.4 is 9.80 Å². The zero-order chi connectivity index (χ0) is 16.4. The third-order valence-corrected chi connectivity index (χ3v) is 3.83. The van der Waals surface area contributed by atoms with Crippen molar-refractivity contribution in [2.24, 2.45) is 0 Å². The van der Waals surface area contributed by atoms with Crippen molar-refractivity contribution in [3.05, 3.63) is 41.3 Å². The van der Waals surface area contributed by atoms with E-state index in [1.165, 1.54) is 0 Å². The van der Waals surface area contributed by atoms with E-state index in [9.17, 15) is 13.2 Å². The molecule has 1 aliphatic heterocycles. The van der Waals surface area contributed by atoms with Gasteiger partial charge in [0.25, 0.3) is 0 Å². The lowest BCUT2D eigenvalue weighted by atomic mass is 10.3. The van der Waals surface area contributed by atoms with Crippen molar-refractivity contribution in [1.82, 2.24) is 15.0 Å². The molecule has 5 nitrogen and oxygen atoms in total. The average molecular weight is 344 g/mol. The molecule has 2 aromatic heterocycles. The van der Waals surface area contributed by atoms with Gasteiger partial charge in [-0.15, -0.1) is 0 Å². The van der Waals surface area contributed by atoms with Crippen LogP contribution in [0.4, 0.5) is 24.9 Å². The van der Waals surface area contributed by atoms with E-state index in [0.717, 1.165) is 12.3 Å². The number of rotatable bonds is 2. The number of alkyl halides is 3. The second-order valence-corrected chi connectivity index (χ2v) is 5.43. The maximum atomic E-state index is 12.7. The Labute approximate surface area is 135 Å². The summed E-state index contributed by atoms with van der Waals surface area (Å²) in [6.07, 6.45) is -1.68. The molecule has 23 heavy (non-hydrogen) atoms. The van der Waals surface area contributed by atoms with Crippen LogP contribution in [-0.2, 0) is 6.18 Å². The highest BCUT2D eigenvalue weighted by molar-refractivity contribution is 6.32. The third-order valence-electron chi connectivity index (χ3n) is 3.53. The summed E-state index contributed by atoms with van der Waals surface area (Å²) in [5.74, 6) is 0.769. The molecule has 0 aliphatic carbocycles. The van der Waals surface area contributed by atoms with Gasteiger partial charge in [0.2, 0.25) is 5.95 Å². The van der Waals surface area contributed by atoms with E-state index in [-0.39, 0.29) is 5.95 Å². The maximum absolute atomic E-state index is 12.7. The lowest BCUT2D eigenvalue weighted by Gasteiger charge is -2.35. The Morgan fingerprint density at radius 3 is 2.30 bits per heavy atom. The monoisotopic (exact) mass is 343 g/mol. The van der Waals surface area contributed by atoms with E-state index in [2.05, 4.69) is 15.0 Å². The van der Waals surface area contributed by atoms with Crippen LogP contribution in [0.3, 0.4) is 0 Å². The fraction of sp³-hybridized carbons (Fsp3) is 0.357. The molecule has 0 N–H and O–H groups in total. The molecule has 0 atom stereocenters. The number of hydrogen-bond donors (Lipinski definition) is 0. The molecule has 122 valence electrons. The lowest BCUT2D eigenvalue weighted by molar-refractivity contribution is -0.141. The van der Waals surface area contributed by atoms with E-state index < -0.39 is 11.9 Å². The number of anilines is 2. The van der Waals surface area contributed by atoms with E-state index in [1.54, 1.807) is 23.2 Å². The molecular weight excluding hydrogens is 331 g/mol. The Balaban J connectivity index is 1.71. The number of pyridine rings is 1. The van der Waals surface area contributed by atoms with E-state index in [1.807, 2.05) is 4.90 Å². The van der Waals surface area contributed by atoms with Crippen LogP contribution in [0.2, 0.25) is 5.02 Å². The second-order valence-electron chi connectivity index (χ2n) is 5.02. The molecule has 1 saturated heterocycles. The summed E-state index contributed by atoms with van der Waals surface area (Å²) in [7, 11) is 0. The van der Waals surface area contributed by atoms with Crippen LogP contribution in [0.15, 0.2) is 30.6 Å². The fourth-order valence-corrected chi connectivity index (χ4v) is 2.63. The summed E-state index contributed by atoms with van der Waals surface area (Å²) in [5.41, 5.74) is -0.933. The summed E-state index contributed by atoms with van der Waals surface area (Å²) >= 11 is 6.11. The van der Waals surface area contributed by atoms with Crippen LogP contribution in [0.1, 0.15) is 5.69 Å². The zero-order valence-electron chi connectivity index (χ0n) is 12.0. The van der Waals surface area contributed by atoms with Gasteiger partial charge in [-0.2, -0.15) is 13.2 Å². The fourth-order valence-electron chi connectivity index (χ4n) is 2.39. The van der Waals surface area contributed by atoms with Gasteiger partial charge >= 0.3 is 6.18 Å². The molecule has 0 saturated carbocycles. The summed E-state index contributed by atoms with van der Waals surface area (Å²) in [5, 5.41) is 0.552. The van der Waals surface area contributed by atoms with Crippen LogP contribution in [-0.4, -0.2) is 41.1 Å². The molecule has 1 fully saturated rings. The standard InChI is InChI=1S/C14H13ClF3N5/c15-10-2-1-4-19-12(10)22-6-8-23(9-7-22)13-20-5-3-11(21-13)14(16,17)18/h1-5H,6-9H2. The summed E-state index contributed by atoms with van der Waals surface area (Å²) in [6, 6.07) is 4.37. The summed E-state index contributed by atoms with van der Waals surface area (Å²) in [6.45, 7) is 2.15. The molecule has 1 aliphatic rings. The van der Waals surface area contributed by atoms with Gasteiger partial charge in [-0.05, 0) is 18.2 Å². The molecule has 0 unspecified atom stereocenters. The topological polar surface area (TPSA) is 45.2 Å². The number of nitrogens with zero attached hydrogens (tertiary/aromatic N) is 5. The highest BCUT2D eigenvalue weighted by Gasteiger charge is 2.33.